The lowest BCUT2D eigenvalue weighted by molar-refractivity contribution is -0.158. The van der Waals surface area contributed by atoms with E-state index in [1.807, 2.05) is 58.9 Å². The van der Waals surface area contributed by atoms with E-state index in [2.05, 4.69) is 0 Å². The van der Waals surface area contributed by atoms with Crippen molar-refractivity contribution in [3.63, 3.8) is 0 Å². The van der Waals surface area contributed by atoms with Gasteiger partial charge in [0.2, 0.25) is 17.7 Å². The number of hydrogen-bond acceptors (Lipinski definition) is 5. The third-order valence-corrected chi connectivity index (χ3v) is 8.05. The lowest BCUT2D eigenvalue weighted by Gasteiger charge is -2.42. The number of likely N-dealkylation sites (tertiary alicyclic amines) is 1. The Kier molecular flexibility index (Phi) is 5.98. The molecule has 0 bridgehead atoms. The molecule has 1 spiro atoms. The molecule has 0 aliphatic carbocycles. The molecule has 1 N–H and O–H groups in total. The predicted octanol–water partition coefficient (Wildman–Crippen LogP) is 1.20. The van der Waals surface area contributed by atoms with Crippen molar-refractivity contribution in [2.45, 2.75) is 70.4 Å². The molecule has 1 unspecified atom stereocenters. The summed E-state index contributed by atoms with van der Waals surface area (Å²) in [7, 11) is 1.73. The highest BCUT2D eigenvalue weighted by molar-refractivity contribution is 6.00. The number of carbonyl (C=O) groups excluding carboxylic acids is 3. The van der Waals surface area contributed by atoms with Gasteiger partial charge >= 0.3 is 0 Å². The Morgan fingerprint density at radius 1 is 1.03 bits per heavy atom. The molecule has 2 fully saturated rings. The second-order valence-corrected chi connectivity index (χ2v) is 10.5. The molecule has 4 aliphatic rings. The summed E-state index contributed by atoms with van der Waals surface area (Å²) in [5.41, 5.74) is -2.23. The summed E-state index contributed by atoms with van der Waals surface area (Å²) >= 11 is 0. The number of nitrogens with zero attached hydrogens (tertiary/aromatic N) is 3. The van der Waals surface area contributed by atoms with Gasteiger partial charge < -0.3 is 24.5 Å². The number of hydrogen-bond donors (Lipinski definition) is 1. The first-order valence-electron chi connectivity index (χ1n) is 12.1. The van der Waals surface area contributed by atoms with Crippen molar-refractivity contribution in [3.8, 4) is 0 Å². The number of likely N-dealkylation sites (N-methyl/N-ethyl adjacent to an activating group) is 1. The number of carbonyl (C=O) groups is 3. The highest BCUT2D eigenvalue weighted by atomic mass is 16.5. The van der Waals surface area contributed by atoms with Gasteiger partial charge in [-0.05, 0) is 26.2 Å². The molecule has 6 atom stereocenters. The Morgan fingerprint density at radius 3 is 2.27 bits per heavy atom. The first-order chi connectivity index (χ1) is 15.6. The van der Waals surface area contributed by atoms with Crippen LogP contribution in [-0.4, -0.2) is 93.6 Å². The minimum Gasteiger partial charge on any atom is -0.394 e. The average Bonchev–Trinajstić information content (AvgIpc) is 3.05. The SMILES string of the molecule is CC[C@@]12C=CCN(C)C(=O)[C@@H]1[C@H]1C(=O)N([C@@H](CO)C(C)C)C3C(=O)N(C(C)C)CC=C[C@@]31O2. The van der Waals surface area contributed by atoms with Crippen LogP contribution in [0.4, 0.5) is 0 Å². The van der Waals surface area contributed by atoms with Gasteiger partial charge in [-0.25, -0.2) is 0 Å². The highest BCUT2D eigenvalue weighted by Crippen LogP contribution is 2.59. The molecule has 8 nitrogen and oxygen atoms in total. The van der Waals surface area contributed by atoms with Gasteiger partial charge in [0, 0.05) is 26.2 Å². The summed E-state index contributed by atoms with van der Waals surface area (Å²) in [6, 6.07) is -1.56. The molecule has 0 aromatic heterocycles. The zero-order valence-electron chi connectivity index (χ0n) is 20.5. The number of fused-ring (bicyclic) bond motifs is 2. The molecule has 182 valence electrons. The van der Waals surface area contributed by atoms with Crippen molar-refractivity contribution in [1.82, 2.24) is 14.7 Å². The zero-order chi connectivity index (χ0) is 24.3. The molecule has 4 aliphatic heterocycles. The molecule has 8 heteroatoms. The van der Waals surface area contributed by atoms with E-state index in [-0.39, 0.29) is 36.3 Å². The maximum absolute atomic E-state index is 14.2. The molecule has 0 saturated carbocycles. The zero-order valence-corrected chi connectivity index (χ0v) is 20.5. The van der Waals surface area contributed by atoms with Gasteiger partial charge in [-0.2, -0.15) is 0 Å². The van der Waals surface area contributed by atoms with Gasteiger partial charge in [0.1, 0.15) is 11.6 Å². The summed E-state index contributed by atoms with van der Waals surface area (Å²) < 4.78 is 6.86. The lowest BCUT2D eigenvalue weighted by atomic mass is 9.73. The standard InChI is InChI=1S/C25H37N3O5/c1-7-24-10-8-12-26(6)21(30)18(24)19-22(31)28(17(14-29)15(2)3)20-23(32)27(16(4)5)13-9-11-25(19,20)33-24/h8-11,15-20,29H,7,12-14H2,1-6H3/t17-,18-,19-,20?,24+,25-/m0/s1. The van der Waals surface area contributed by atoms with Crippen molar-refractivity contribution in [2.75, 3.05) is 26.7 Å². The Morgan fingerprint density at radius 2 is 1.70 bits per heavy atom. The van der Waals surface area contributed by atoms with Crippen molar-refractivity contribution < 1.29 is 24.2 Å². The van der Waals surface area contributed by atoms with E-state index >= 15 is 0 Å². The van der Waals surface area contributed by atoms with Gasteiger partial charge in [0.05, 0.1) is 30.1 Å². The van der Waals surface area contributed by atoms with Crippen LogP contribution in [0.3, 0.4) is 0 Å². The van der Waals surface area contributed by atoms with Crippen LogP contribution >= 0.6 is 0 Å². The van der Waals surface area contributed by atoms with E-state index in [4.69, 9.17) is 4.74 Å². The lowest BCUT2D eigenvalue weighted by Crippen LogP contribution is -2.60. The van der Waals surface area contributed by atoms with Crippen LogP contribution in [0.5, 0.6) is 0 Å². The van der Waals surface area contributed by atoms with Crippen LogP contribution in [0, 0.1) is 17.8 Å². The van der Waals surface area contributed by atoms with Gasteiger partial charge in [-0.1, -0.05) is 45.1 Å². The van der Waals surface area contributed by atoms with Crippen LogP contribution in [0.15, 0.2) is 24.3 Å². The molecular weight excluding hydrogens is 422 g/mol. The van der Waals surface area contributed by atoms with Gasteiger partial charge in [0.15, 0.2) is 0 Å². The van der Waals surface area contributed by atoms with E-state index in [9.17, 15) is 19.5 Å². The van der Waals surface area contributed by atoms with E-state index in [0.29, 0.717) is 19.5 Å². The molecule has 33 heavy (non-hydrogen) atoms. The molecule has 0 radical (unpaired) electrons. The third kappa shape index (κ3) is 3.21. The van der Waals surface area contributed by atoms with Crippen LogP contribution in [0.25, 0.3) is 0 Å². The predicted molar refractivity (Wildman–Crippen MR) is 123 cm³/mol. The first-order valence-corrected chi connectivity index (χ1v) is 12.1. The second kappa shape index (κ2) is 8.24. The van der Waals surface area contributed by atoms with E-state index in [0.717, 1.165) is 0 Å². The number of rotatable bonds is 5. The molecule has 3 amide bonds. The maximum Gasteiger partial charge on any atom is 0.249 e. The van der Waals surface area contributed by atoms with Gasteiger partial charge in [0.25, 0.3) is 0 Å². The Balaban J connectivity index is 1.96. The minimum absolute atomic E-state index is 0.0698. The molecule has 0 aromatic rings. The normalized spacial score (nSPS) is 36.9. The van der Waals surface area contributed by atoms with Crippen molar-refractivity contribution in [1.29, 1.82) is 0 Å². The van der Waals surface area contributed by atoms with E-state index < -0.39 is 35.1 Å². The van der Waals surface area contributed by atoms with Gasteiger partial charge in [-0.3, -0.25) is 14.4 Å². The first kappa shape index (κ1) is 24.0. The minimum atomic E-state index is -1.26. The Bertz CT molecular complexity index is 898. The Labute approximate surface area is 196 Å². The van der Waals surface area contributed by atoms with Crippen LogP contribution < -0.4 is 0 Å². The quantitative estimate of drug-likeness (QED) is 0.624. The fourth-order valence-corrected chi connectivity index (χ4v) is 6.28. The summed E-state index contributed by atoms with van der Waals surface area (Å²) in [4.78, 5) is 46.8. The number of amides is 3. The number of aliphatic hydroxyl groups excluding tert-OH is 1. The molecular formula is C25H37N3O5. The fourth-order valence-electron chi connectivity index (χ4n) is 6.28. The van der Waals surface area contributed by atoms with Crippen molar-refractivity contribution in [2.24, 2.45) is 17.8 Å². The van der Waals surface area contributed by atoms with Crippen molar-refractivity contribution in [3.05, 3.63) is 24.3 Å². The maximum atomic E-state index is 14.2. The average molecular weight is 460 g/mol. The molecule has 4 heterocycles. The molecule has 2 saturated heterocycles. The number of ether oxygens (including phenoxy) is 1. The highest BCUT2D eigenvalue weighted by Gasteiger charge is 2.75. The monoisotopic (exact) mass is 459 g/mol. The fraction of sp³-hybridized carbons (Fsp3) is 0.720. The van der Waals surface area contributed by atoms with Crippen LogP contribution in [0.2, 0.25) is 0 Å². The Hall–Kier alpha value is -2.19. The van der Waals surface area contributed by atoms with Crippen LogP contribution in [0.1, 0.15) is 41.0 Å². The van der Waals surface area contributed by atoms with Gasteiger partial charge in [-0.15, -0.1) is 0 Å². The topological polar surface area (TPSA) is 90.4 Å². The summed E-state index contributed by atoms with van der Waals surface area (Å²) in [5.74, 6) is -2.27. The third-order valence-electron chi connectivity index (χ3n) is 8.05. The summed E-state index contributed by atoms with van der Waals surface area (Å²) in [6.07, 6.45) is 8.12. The second-order valence-electron chi connectivity index (χ2n) is 10.5. The smallest absolute Gasteiger partial charge is 0.249 e. The van der Waals surface area contributed by atoms with Crippen LogP contribution in [-0.2, 0) is 19.1 Å². The largest absolute Gasteiger partial charge is 0.394 e. The summed E-state index contributed by atoms with van der Waals surface area (Å²) in [6.45, 7) is 10.3. The molecule has 0 aromatic carbocycles. The molecule has 4 rings (SSSR count). The van der Waals surface area contributed by atoms with E-state index in [1.165, 1.54) is 0 Å². The summed E-state index contributed by atoms with van der Waals surface area (Å²) in [5, 5.41) is 10.3. The number of aliphatic hydroxyl groups is 1. The van der Waals surface area contributed by atoms with Crippen molar-refractivity contribution >= 4 is 17.7 Å². The van der Waals surface area contributed by atoms with E-state index in [1.54, 1.807) is 21.7 Å².